The van der Waals surface area contributed by atoms with Crippen molar-refractivity contribution in [1.29, 1.82) is 0 Å². The monoisotopic (exact) mass is 673 g/mol. The first-order chi connectivity index (χ1) is 26.1. The van der Waals surface area contributed by atoms with E-state index in [1.165, 1.54) is 105 Å². The van der Waals surface area contributed by atoms with Crippen molar-refractivity contribution in [1.82, 2.24) is 4.57 Å². The maximum atomic E-state index is 2.54. The third kappa shape index (κ3) is 3.53. The van der Waals surface area contributed by atoms with Crippen LogP contribution in [0.5, 0.6) is 0 Å². The first kappa shape index (κ1) is 29.2. The molecule has 248 valence electrons. The largest absolute Gasteiger partial charge is 0.309 e. The molecule has 0 amide bonds. The molecule has 53 heavy (non-hydrogen) atoms. The highest BCUT2D eigenvalue weighted by Gasteiger charge is 2.51. The molecule has 1 heterocycles. The highest BCUT2D eigenvalue weighted by atomic mass is 15.0. The zero-order valence-electron chi connectivity index (χ0n) is 29.7. The van der Waals surface area contributed by atoms with Crippen molar-refractivity contribution in [2.45, 2.75) is 24.7 Å². The van der Waals surface area contributed by atoms with Gasteiger partial charge in [-0.2, -0.15) is 0 Å². The number of hydrogen-bond donors (Lipinski definition) is 0. The van der Waals surface area contributed by atoms with Crippen LogP contribution in [0.15, 0.2) is 176 Å². The molecular weight excluding hydrogens is 639 g/mol. The summed E-state index contributed by atoms with van der Waals surface area (Å²) < 4.78 is 2.54. The van der Waals surface area contributed by atoms with Crippen LogP contribution < -0.4 is 0 Å². The van der Waals surface area contributed by atoms with E-state index in [1.54, 1.807) is 0 Å². The van der Waals surface area contributed by atoms with E-state index in [1.807, 2.05) is 0 Å². The van der Waals surface area contributed by atoms with Crippen LogP contribution in [0.2, 0.25) is 0 Å². The molecule has 0 unspecified atom stereocenters. The van der Waals surface area contributed by atoms with Gasteiger partial charge in [0.25, 0.3) is 0 Å². The Morgan fingerprint density at radius 1 is 0.377 bits per heavy atom. The standard InChI is InChI=1S/C52H35N/c1-51(2)43-21-8-3-19-38(43)41-28-29-42-40-20-7-12-25-48(40)53(50(42)49(41)51)34-15-13-14-32(30-34)33-26-27-39-37-18-6-11-24-46(37)52(47(39)31-33)44-22-9-4-16-35(44)36-17-5-10-23-45(36)52/h3-31H,1-2H3. The fraction of sp³-hybridized carbons (Fsp3) is 0.0769. The highest BCUT2D eigenvalue weighted by molar-refractivity contribution is 6.13. The minimum atomic E-state index is -0.360. The van der Waals surface area contributed by atoms with Crippen molar-refractivity contribution < 1.29 is 0 Å². The average Bonchev–Trinajstić information content (AvgIpc) is 3.88. The van der Waals surface area contributed by atoms with E-state index in [2.05, 4.69) is 194 Å². The molecule has 1 heteroatoms. The van der Waals surface area contributed by atoms with Crippen LogP contribution in [0.4, 0.5) is 0 Å². The quantitative estimate of drug-likeness (QED) is 0.172. The van der Waals surface area contributed by atoms with Crippen molar-refractivity contribution in [3.8, 4) is 50.2 Å². The van der Waals surface area contributed by atoms with Crippen molar-refractivity contribution in [3.63, 3.8) is 0 Å². The maximum Gasteiger partial charge on any atom is 0.0725 e. The summed E-state index contributed by atoms with van der Waals surface area (Å²) in [6.45, 7) is 4.79. The molecule has 0 radical (unpaired) electrons. The normalized spacial score (nSPS) is 14.9. The van der Waals surface area contributed by atoms with E-state index in [0.717, 1.165) is 0 Å². The van der Waals surface area contributed by atoms with Crippen LogP contribution in [0.1, 0.15) is 47.2 Å². The van der Waals surface area contributed by atoms with Gasteiger partial charge in [0.05, 0.1) is 16.4 Å². The van der Waals surface area contributed by atoms with Gasteiger partial charge < -0.3 is 4.57 Å². The average molecular weight is 674 g/mol. The number of para-hydroxylation sites is 1. The molecule has 3 aliphatic rings. The Bertz CT molecular complexity index is 2980. The van der Waals surface area contributed by atoms with E-state index in [-0.39, 0.29) is 10.8 Å². The summed E-state index contributed by atoms with van der Waals surface area (Å²) >= 11 is 0. The van der Waals surface area contributed by atoms with Crippen LogP contribution in [0.3, 0.4) is 0 Å². The molecule has 12 rings (SSSR count). The molecule has 3 aliphatic carbocycles. The second-order valence-electron chi connectivity index (χ2n) is 15.6. The van der Waals surface area contributed by atoms with E-state index < -0.39 is 0 Å². The third-order valence-corrected chi connectivity index (χ3v) is 12.8. The first-order valence-corrected chi connectivity index (χ1v) is 18.8. The molecule has 0 fully saturated rings. The molecule has 0 saturated carbocycles. The molecular formula is C52H35N. The lowest BCUT2D eigenvalue weighted by atomic mass is 9.70. The Kier molecular flexibility index (Phi) is 5.57. The minimum absolute atomic E-state index is 0.133. The van der Waals surface area contributed by atoms with Crippen molar-refractivity contribution in [3.05, 3.63) is 209 Å². The zero-order chi connectivity index (χ0) is 35.1. The molecule has 1 nitrogen and oxygen atoms in total. The van der Waals surface area contributed by atoms with Gasteiger partial charge in [-0.15, -0.1) is 0 Å². The van der Waals surface area contributed by atoms with E-state index in [0.29, 0.717) is 0 Å². The number of aromatic nitrogens is 1. The molecule has 0 aliphatic heterocycles. The third-order valence-electron chi connectivity index (χ3n) is 12.8. The Balaban J connectivity index is 1.10. The van der Waals surface area contributed by atoms with E-state index >= 15 is 0 Å². The number of rotatable bonds is 2. The fourth-order valence-corrected chi connectivity index (χ4v) is 10.7. The smallest absolute Gasteiger partial charge is 0.0725 e. The Hall–Kier alpha value is -6.44. The van der Waals surface area contributed by atoms with E-state index in [4.69, 9.17) is 0 Å². The number of fused-ring (bicyclic) bond motifs is 17. The summed E-state index contributed by atoms with van der Waals surface area (Å²) in [5, 5.41) is 2.60. The van der Waals surface area contributed by atoms with Crippen molar-refractivity contribution >= 4 is 21.8 Å². The molecule has 0 bridgehead atoms. The molecule has 0 saturated heterocycles. The van der Waals surface area contributed by atoms with Gasteiger partial charge in [-0.3, -0.25) is 0 Å². The Morgan fingerprint density at radius 3 is 1.58 bits per heavy atom. The number of hydrogen-bond acceptors (Lipinski definition) is 0. The van der Waals surface area contributed by atoms with Gasteiger partial charge in [0.1, 0.15) is 0 Å². The lowest BCUT2D eigenvalue weighted by Crippen LogP contribution is -2.25. The van der Waals surface area contributed by atoms with Gasteiger partial charge in [-0.1, -0.05) is 166 Å². The topological polar surface area (TPSA) is 4.93 Å². The molecule has 0 atom stereocenters. The lowest BCUT2D eigenvalue weighted by Gasteiger charge is -2.30. The predicted octanol–water partition coefficient (Wildman–Crippen LogP) is 13.1. The van der Waals surface area contributed by atoms with Crippen molar-refractivity contribution in [2.24, 2.45) is 0 Å². The summed E-state index contributed by atoms with van der Waals surface area (Å²) in [7, 11) is 0. The molecule has 1 spiro atoms. The van der Waals surface area contributed by atoms with Gasteiger partial charge in [-0.25, -0.2) is 0 Å². The SMILES string of the molecule is CC1(C)c2ccccc2-c2ccc3c4ccccc4n(-c4cccc(-c5ccc6c(c5)C5(c7ccccc7-c7ccccc75)c5ccccc5-6)c4)c3c21. The van der Waals surface area contributed by atoms with Gasteiger partial charge in [0.15, 0.2) is 0 Å². The van der Waals surface area contributed by atoms with Gasteiger partial charge >= 0.3 is 0 Å². The summed E-state index contributed by atoms with van der Waals surface area (Å²) in [6, 6.07) is 66.2. The van der Waals surface area contributed by atoms with Crippen LogP contribution >= 0.6 is 0 Å². The van der Waals surface area contributed by atoms with Crippen LogP contribution in [-0.2, 0) is 10.8 Å². The van der Waals surface area contributed by atoms with Crippen molar-refractivity contribution in [2.75, 3.05) is 0 Å². The fourth-order valence-electron chi connectivity index (χ4n) is 10.7. The second kappa shape index (κ2) is 10.1. The van der Waals surface area contributed by atoms with Crippen LogP contribution in [0.25, 0.3) is 72.0 Å². The zero-order valence-corrected chi connectivity index (χ0v) is 29.7. The lowest BCUT2D eigenvalue weighted by molar-refractivity contribution is 0.664. The summed E-state index contributed by atoms with van der Waals surface area (Å²) in [5.74, 6) is 0. The summed E-state index contributed by atoms with van der Waals surface area (Å²) in [6.07, 6.45) is 0. The Labute approximate surface area is 309 Å². The maximum absolute atomic E-state index is 2.54. The number of benzene rings is 8. The van der Waals surface area contributed by atoms with Gasteiger partial charge in [0, 0.05) is 21.9 Å². The number of nitrogens with zero attached hydrogens (tertiary/aromatic N) is 1. The van der Waals surface area contributed by atoms with E-state index in [9.17, 15) is 0 Å². The van der Waals surface area contributed by atoms with Crippen LogP contribution in [0, 0.1) is 0 Å². The summed E-state index contributed by atoms with van der Waals surface area (Å²) in [5.41, 5.74) is 22.0. The molecule has 9 aromatic rings. The second-order valence-corrected chi connectivity index (χ2v) is 15.6. The molecule has 8 aromatic carbocycles. The van der Waals surface area contributed by atoms with Gasteiger partial charge in [-0.05, 0) is 102 Å². The highest BCUT2D eigenvalue weighted by Crippen LogP contribution is 2.63. The molecule has 1 aromatic heterocycles. The molecule has 0 N–H and O–H groups in total. The summed E-state index contributed by atoms with van der Waals surface area (Å²) in [4.78, 5) is 0. The van der Waals surface area contributed by atoms with Crippen LogP contribution in [-0.4, -0.2) is 4.57 Å². The Morgan fingerprint density at radius 2 is 0.906 bits per heavy atom. The van der Waals surface area contributed by atoms with Gasteiger partial charge in [0.2, 0.25) is 0 Å². The predicted molar refractivity (Wildman–Crippen MR) is 220 cm³/mol. The first-order valence-electron chi connectivity index (χ1n) is 18.8. The minimum Gasteiger partial charge on any atom is -0.309 e.